The van der Waals surface area contributed by atoms with Gasteiger partial charge in [0.05, 0.1) is 20.5 Å². The van der Waals surface area contributed by atoms with Crippen molar-refractivity contribution in [2.24, 2.45) is 0 Å². The van der Waals surface area contributed by atoms with Crippen molar-refractivity contribution in [1.29, 1.82) is 0 Å². The second-order valence-corrected chi connectivity index (χ2v) is 7.22. The van der Waals surface area contributed by atoms with E-state index in [2.05, 4.69) is 9.55 Å². The Bertz CT molecular complexity index is 633. The molecule has 0 saturated heterocycles. The highest BCUT2D eigenvalue weighted by Crippen LogP contribution is 2.32. The molecule has 1 aliphatic carbocycles. The van der Waals surface area contributed by atoms with E-state index in [0.29, 0.717) is 15.5 Å². The van der Waals surface area contributed by atoms with Crippen LogP contribution in [0.2, 0.25) is 0 Å². The summed E-state index contributed by atoms with van der Waals surface area (Å²) < 4.78 is 16.8. The summed E-state index contributed by atoms with van der Waals surface area (Å²) in [5, 5.41) is 0. The molecule has 3 rings (SSSR count). The standard InChI is InChI=1S/C16H19ClFIN2/c17-10-16-20-14-9-13(19)12(18)8-15(14)21(16)11-6-4-2-1-3-5-7-11/h8-9,11H,1-7,10H2. The average Bonchev–Trinajstić information content (AvgIpc) is 2.77. The molecule has 0 bridgehead atoms. The summed E-state index contributed by atoms with van der Waals surface area (Å²) in [5.74, 6) is 1.08. The van der Waals surface area contributed by atoms with Gasteiger partial charge in [0.15, 0.2) is 0 Å². The van der Waals surface area contributed by atoms with Gasteiger partial charge in [0, 0.05) is 12.1 Å². The molecule has 2 aromatic rings. The van der Waals surface area contributed by atoms with Crippen molar-refractivity contribution >= 4 is 45.2 Å². The van der Waals surface area contributed by atoms with Crippen LogP contribution < -0.4 is 0 Å². The summed E-state index contributed by atoms with van der Waals surface area (Å²) in [5.41, 5.74) is 1.76. The van der Waals surface area contributed by atoms with E-state index in [1.807, 2.05) is 28.7 Å². The number of alkyl halides is 1. The minimum absolute atomic E-state index is 0.170. The van der Waals surface area contributed by atoms with E-state index >= 15 is 0 Å². The van der Waals surface area contributed by atoms with Crippen LogP contribution in [-0.2, 0) is 5.88 Å². The van der Waals surface area contributed by atoms with Crippen LogP contribution in [0.15, 0.2) is 12.1 Å². The lowest BCUT2D eigenvalue weighted by atomic mass is 9.96. The summed E-state index contributed by atoms with van der Waals surface area (Å²) in [7, 11) is 0. The maximum absolute atomic E-state index is 14.0. The number of halogens is 3. The lowest BCUT2D eigenvalue weighted by molar-refractivity contribution is 0.373. The van der Waals surface area contributed by atoms with Gasteiger partial charge in [0.1, 0.15) is 11.6 Å². The van der Waals surface area contributed by atoms with E-state index in [0.717, 1.165) is 29.7 Å². The SMILES string of the molecule is Fc1cc2c(cc1I)nc(CCl)n2C1CCCCCCC1. The first-order valence-corrected chi connectivity index (χ1v) is 9.24. The summed E-state index contributed by atoms with van der Waals surface area (Å²) in [6.45, 7) is 0. The quantitative estimate of drug-likeness (QED) is 0.443. The van der Waals surface area contributed by atoms with Gasteiger partial charge in [0.25, 0.3) is 0 Å². The maximum Gasteiger partial charge on any atom is 0.138 e. The zero-order valence-corrected chi connectivity index (χ0v) is 14.8. The lowest BCUT2D eigenvalue weighted by Gasteiger charge is -2.23. The van der Waals surface area contributed by atoms with Crippen molar-refractivity contribution in [3.05, 3.63) is 27.3 Å². The summed E-state index contributed by atoms with van der Waals surface area (Å²) in [6.07, 6.45) is 8.69. The molecule has 1 aliphatic rings. The van der Waals surface area contributed by atoms with E-state index in [1.165, 1.54) is 32.1 Å². The Morgan fingerprint density at radius 2 is 1.86 bits per heavy atom. The fraction of sp³-hybridized carbons (Fsp3) is 0.562. The monoisotopic (exact) mass is 420 g/mol. The second kappa shape index (κ2) is 6.82. The zero-order valence-electron chi connectivity index (χ0n) is 11.9. The van der Waals surface area contributed by atoms with Gasteiger partial charge >= 0.3 is 0 Å². The summed E-state index contributed by atoms with van der Waals surface area (Å²) in [6, 6.07) is 3.85. The van der Waals surface area contributed by atoms with Gasteiger partial charge in [-0.3, -0.25) is 0 Å². The minimum atomic E-state index is -0.170. The molecule has 0 amide bonds. The molecule has 0 radical (unpaired) electrons. The molecular formula is C16H19ClFIN2. The number of hydrogen-bond donors (Lipinski definition) is 0. The molecule has 1 fully saturated rings. The average molecular weight is 421 g/mol. The molecule has 114 valence electrons. The molecule has 0 aliphatic heterocycles. The summed E-state index contributed by atoms with van der Waals surface area (Å²) in [4.78, 5) is 4.62. The molecule has 1 aromatic heterocycles. The predicted octanol–water partition coefficient (Wildman–Crippen LogP) is 5.80. The van der Waals surface area contributed by atoms with Crippen LogP contribution in [0.1, 0.15) is 56.8 Å². The van der Waals surface area contributed by atoms with E-state index < -0.39 is 0 Å². The molecular weight excluding hydrogens is 402 g/mol. The number of fused-ring (bicyclic) bond motifs is 1. The first kappa shape index (κ1) is 15.5. The van der Waals surface area contributed by atoms with Crippen LogP contribution in [-0.4, -0.2) is 9.55 Å². The first-order valence-electron chi connectivity index (χ1n) is 7.62. The highest BCUT2D eigenvalue weighted by Gasteiger charge is 2.20. The van der Waals surface area contributed by atoms with Gasteiger partial charge in [-0.25, -0.2) is 9.37 Å². The van der Waals surface area contributed by atoms with Gasteiger partial charge in [-0.15, -0.1) is 11.6 Å². The molecule has 1 saturated carbocycles. The lowest BCUT2D eigenvalue weighted by Crippen LogP contribution is -2.13. The van der Waals surface area contributed by atoms with E-state index in [4.69, 9.17) is 11.6 Å². The van der Waals surface area contributed by atoms with Crippen molar-refractivity contribution in [2.45, 2.75) is 56.9 Å². The Hall–Kier alpha value is -0.360. The Kier molecular flexibility index (Phi) is 5.04. The third kappa shape index (κ3) is 3.21. The number of imidazole rings is 1. The third-order valence-corrected chi connectivity index (χ3v) is 5.43. The predicted molar refractivity (Wildman–Crippen MR) is 93.3 cm³/mol. The number of benzene rings is 1. The normalized spacial score (nSPS) is 17.9. The number of hydrogen-bond acceptors (Lipinski definition) is 1. The number of aromatic nitrogens is 2. The first-order chi connectivity index (χ1) is 10.2. The highest BCUT2D eigenvalue weighted by atomic mass is 127. The minimum Gasteiger partial charge on any atom is -0.324 e. The van der Waals surface area contributed by atoms with Gasteiger partial charge in [-0.2, -0.15) is 0 Å². The summed E-state index contributed by atoms with van der Waals surface area (Å²) >= 11 is 8.11. The van der Waals surface area contributed by atoms with Crippen molar-refractivity contribution in [3.63, 3.8) is 0 Å². The van der Waals surface area contributed by atoms with Crippen LogP contribution >= 0.6 is 34.2 Å². The molecule has 5 heteroatoms. The Morgan fingerprint density at radius 1 is 1.19 bits per heavy atom. The van der Waals surface area contributed by atoms with Crippen molar-refractivity contribution < 1.29 is 4.39 Å². The molecule has 0 atom stereocenters. The molecule has 0 unspecified atom stereocenters. The molecule has 2 nitrogen and oxygen atoms in total. The Morgan fingerprint density at radius 3 is 2.52 bits per heavy atom. The van der Waals surface area contributed by atoms with Gasteiger partial charge < -0.3 is 4.57 Å². The second-order valence-electron chi connectivity index (χ2n) is 5.79. The highest BCUT2D eigenvalue weighted by molar-refractivity contribution is 14.1. The largest absolute Gasteiger partial charge is 0.324 e. The molecule has 21 heavy (non-hydrogen) atoms. The van der Waals surface area contributed by atoms with Crippen LogP contribution in [0.5, 0.6) is 0 Å². The third-order valence-electron chi connectivity index (χ3n) is 4.36. The van der Waals surface area contributed by atoms with E-state index in [9.17, 15) is 4.39 Å². The number of nitrogens with zero attached hydrogens (tertiary/aromatic N) is 2. The number of rotatable bonds is 2. The maximum atomic E-state index is 14.0. The van der Waals surface area contributed by atoms with Crippen molar-refractivity contribution in [1.82, 2.24) is 9.55 Å². The van der Waals surface area contributed by atoms with Crippen molar-refractivity contribution in [2.75, 3.05) is 0 Å². The molecule has 0 N–H and O–H groups in total. The molecule has 0 spiro atoms. The zero-order chi connectivity index (χ0) is 14.8. The smallest absolute Gasteiger partial charge is 0.138 e. The molecule has 1 heterocycles. The topological polar surface area (TPSA) is 17.8 Å². The Labute approximate surface area is 143 Å². The Balaban J connectivity index is 2.07. The van der Waals surface area contributed by atoms with E-state index in [1.54, 1.807) is 6.07 Å². The van der Waals surface area contributed by atoms with Gasteiger partial charge in [-0.05, 0) is 41.5 Å². The fourth-order valence-corrected chi connectivity index (χ4v) is 3.97. The van der Waals surface area contributed by atoms with Crippen LogP contribution in [0.25, 0.3) is 11.0 Å². The fourth-order valence-electron chi connectivity index (χ4n) is 3.33. The van der Waals surface area contributed by atoms with E-state index in [-0.39, 0.29) is 5.82 Å². The van der Waals surface area contributed by atoms with Gasteiger partial charge in [-0.1, -0.05) is 32.1 Å². The van der Waals surface area contributed by atoms with Crippen LogP contribution in [0, 0.1) is 9.39 Å². The van der Waals surface area contributed by atoms with Crippen molar-refractivity contribution in [3.8, 4) is 0 Å². The van der Waals surface area contributed by atoms with Crippen LogP contribution in [0.3, 0.4) is 0 Å². The molecule has 1 aromatic carbocycles. The van der Waals surface area contributed by atoms with Crippen LogP contribution in [0.4, 0.5) is 4.39 Å². The van der Waals surface area contributed by atoms with Gasteiger partial charge in [0.2, 0.25) is 0 Å².